The zero-order chi connectivity index (χ0) is 16.4. The molecule has 1 N–H and O–H groups in total. The molecule has 0 saturated carbocycles. The van der Waals surface area contributed by atoms with Crippen LogP contribution in [0.4, 0.5) is 5.69 Å². The van der Waals surface area contributed by atoms with E-state index in [0.29, 0.717) is 0 Å². The summed E-state index contributed by atoms with van der Waals surface area (Å²) < 4.78 is 7.43. The van der Waals surface area contributed by atoms with Gasteiger partial charge in [0.05, 0.1) is 17.1 Å². The number of nitrogens with one attached hydrogen (secondary N) is 1. The van der Waals surface area contributed by atoms with E-state index in [-0.39, 0.29) is 12.5 Å². The lowest BCUT2D eigenvalue weighted by atomic mass is 10.1. The lowest BCUT2D eigenvalue weighted by Crippen LogP contribution is -2.21. The normalized spacial score (nSPS) is 10.6. The number of ether oxygens (including phenoxy) is 1. The molecular formula is C17H23N3O2. The molecule has 2 aromatic rings. The smallest absolute Gasteiger partial charge is 0.262 e. The molecule has 5 heteroatoms. The van der Waals surface area contributed by atoms with Crippen LogP contribution in [-0.2, 0) is 11.8 Å². The molecule has 0 unspecified atom stereocenters. The summed E-state index contributed by atoms with van der Waals surface area (Å²) >= 11 is 0. The van der Waals surface area contributed by atoms with E-state index in [9.17, 15) is 4.79 Å². The van der Waals surface area contributed by atoms with E-state index < -0.39 is 0 Å². The number of anilines is 1. The van der Waals surface area contributed by atoms with Gasteiger partial charge in [-0.3, -0.25) is 9.48 Å². The van der Waals surface area contributed by atoms with Gasteiger partial charge in [-0.15, -0.1) is 0 Å². The number of nitrogens with zero attached hydrogens (tertiary/aromatic N) is 2. The van der Waals surface area contributed by atoms with Gasteiger partial charge in [0, 0.05) is 7.05 Å². The second kappa shape index (κ2) is 6.22. The Balaban J connectivity index is 2.05. The van der Waals surface area contributed by atoms with Crippen LogP contribution in [0, 0.1) is 34.6 Å². The maximum absolute atomic E-state index is 12.1. The lowest BCUT2D eigenvalue weighted by molar-refractivity contribution is -0.118. The third-order valence-electron chi connectivity index (χ3n) is 3.90. The van der Waals surface area contributed by atoms with Crippen LogP contribution < -0.4 is 10.1 Å². The molecule has 0 aliphatic rings. The number of amides is 1. The Hall–Kier alpha value is -2.30. The van der Waals surface area contributed by atoms with Crippen molar-refractivity contribution in [1.29, 1.82) is 0 Å². The molecule has 1 aromatic carbocycles. The number of carbonyl (C=O) groups excluding carboxylic acids is 1. The minimum absolute atomic E-state index is 0.0164. The second-order valence-corrected chi connectivity index (χ2v) is 5.71. The van der Waals surface area contributed by atoms with Gasteiger partial charge in [0.1, 0.15) is 5.75 Å². The molecule has 118 valence electrons. The van der Waals surface area contributed by atoms with E-state index in [1.807, 2.05) is 47.7 Å². The van der Waals surface area contributed by atoms with Crippen LogP contribution in [0.15, 0.2) is 12.1 Å². The summed E-state index contributed by atoms with van der Waals surface area (Å²) in [4.78, 5) is 12.1. The molecule has 0 bridgehead atoms. The van der Waals surface area contributed by atoms with Gasteiger partial charge in [-0.1, -0.05) is 6.07 Å². The summed E-state index contributed by atoms with van der Waals surface area (Å²) in [6.45, 7) is 9.83. The third-order valence-corrected chi connectivity index (χ3v) is 3.90. The van der Waals surface area contributed by atoms with Gasteiger partial charge in [0.15, 0.2) is 6.61 Å². The van der Waals surface area contributed by atoms with Crippen molar-refractivity contribution in [2.75, 3.05) is 11.9 Å². The van der Waals surface area contributed by atoms with E-state index in [0.717, 1.165) is 39.5 Å². The van der Waals surface area contributed by atoms with E-state index in [2.05, 4.69) is 16.5 Å². The Kier molecular flexibility index (Phi) is 4.54. The highest BCUT2D eigenvalue weighted by Crippen LogP contribution is 2.23. The highest BCUT2D eigenvalue weighted by molar-refractivity contribution is 5.93. The number of benzene rings is 1. The van der Waals surface area contributed by atoms with Crippen molar-refractivity contribution in [3.63, 3.8) is 0 Å². The fourth-order valence-electron chi connectivity index (χ4n) is 2.42. The molecule has 0 spiro atoms. The maximum atomic E-state index is 12.1. The Morgan fingerprint density at radius 1 is 1.23 bits per heavy atom. The van der Waals surface area contributed by atoms with Crippen LogP contribution in [0.25, 0.3) is 0 Å². The number of hydrogen-bond acceptors (Lipinski definition) is 3. The van der Waals surface area contributed by atoms with Crippen molar-refractivity contribution >= 4 is 11.6 Å². The zero-order valence-corrected chi connectivity index (χ0v) is 14.1. The SMILES string of the molecule is Cc1cc(C)c(C)c(OCC(=O)Nc2c(C)nn(C)c2C)c1. The van der Waals surface area contributed by atoms with Crippen molar-refractivity contribution < 1.29 is 9.53 Å². The number of carbonyl (C=O) groups is 1. The summed E-state index contributed by atoms with van der Waals surface area (Å²) in [5, 5.41) is 7.15. The largest absolute Gasteiger partial charge is 0.483 e. The number of aromatic nitrogens is 2. The first-order valence-electron chi connectivity index (χ1n) is 7.30. The van der Waals surface area contributed by atoms with Crippen LogP contribution in [0.2, 0.25) is 0 Å². The number of hydrogen-bond donors (Lipinski definition) is 1. The van der Waals surface area contributed by atoms with Crippen LogP contribution in [0.3, 0.4) is 0 Å². The predicted octanol–water partition coefficient (Wildman–Crippen LogP) is 2.98. The van der Waals surface area contributed by atoms with Gasteiger partial charge in [-0.25, -0.2) is 0 Å². The Morgan fingerprint density at radius 2 is 1.91 bits per heavy atom. The molecule has 22 heavy (non-hydrogen) atoms. The average Bonchev–Trinajstić information content (AvgIpc) is 2.68. The monoisotopic (exact) mass is 301 g/mol. The first-order valence-corrected chi connectivity index (χ1v) is 7.30. The van der Waals surface area contributed by atoms with Gasteiger partial charge < -0.3 is 10.1 Å². The first-order chi connectivity index (χ1) is 10.3. The van der Waals surface area contributed by atoms with Gasteiger partial charge in [0.25, 0.3) is 5.91 Å². The van der Waals surface area contributed by atoms with Crippen molar-refractivity contribution in [1.82, 2.24) is 9.78 Å². The average molecular weight is 301 g/mol. The summed E-state index contributed by atoms with van der Waals surface area (Å²) in [7, 11) is 1.85. The fourth-order valence-corrected chi connectivity index (χ4v) is 2.42. The predicted molar refractivity (Wildman–Crippen MR) is 87.5 cm³/mol. The third kappa shape index (κ3) is 3.30. The maximum Gasteiger partial charge on any atom is 0.262 e. The van der Waals surface area contributed by atoms with Gasteiger partial charge in [-0.2, -0.15) is 5.10 Å². The van der Waals surface area contributed by atoms with E-state index in [4.69, 9.17) is 4.74 Å². The highest BCUT2D eigenvalue weighted by atomic mass is 16.5. The van der Waals surface area contributed by atoms with Crippen LogP contribution in [0.1, 0.15) is 28.1 Å². The van der Waals surface area contributed by atoms with Crippen molar-refractivity contribution in [3.05, 3.63) is 40.2 Å². The molecule has 0 saturated heterocycles. The molecule has 0 radical (unpaired) electrons. The minimum Gasteiger partial charge on any atom is -0.483 e. The molecular weight excluding hydrogens is 278 g/mol. The number of aryl methyl sites for hydroxylation is 4. The minimum atomic E-state index is -0.183. The Labute approximate surface area is 131 Å². The lowest BCUT2D eigenvalue weighted by Gasteiger charge is -2.12. The van der Waals surface area contributed by atoms with Gasteiger partial charge in [0.2, 0.25) is 0 Å². The topological polar surface area (TPSA) is 56.1 Å². The van der Waals surface area contributed by atoms with E-state index in [1.165, 1.54) is 0 Å². The molecule has 1 heterocycles. The summed E-state index contributed by atoms with van der Waals surface area (Å²) in [6, 6.07) is 4.06. The number of rotatable bonds is 4. The van der Waals surface area contributed by atoms with Crippen LogP contribution in [-0.4, -0.2) is 22.3 Å². The first kappa shape index (κ1) is 16.1. The zero-order valence-electron chi connectivity index (χ0n) is 14.1. The molecule has 2 rings (SSSR count). The van der Waals surface area contributed by atoms with E-state index in [1.54, 1.807) is 4.68 Å². The molecule has 0 aliphatic heterocycles. The molecule has 0 atom stereocenters. The summed E-state index contributed by atoms with van der Waals surface area (Å²) in [5.74, 6) is 0.574. The van der Waals surface area contributed by atoms with Crippen molar-refractivity contribution in [3.8, 4) is 5.75 Å². The fraction of sp³-hybridized carbons (Fsp3) is 0.412. The van der Waals surface area contributed by atoms with Crippen LogP contribution in [0.5, 0.6) is 5.75 Å². The van der Waals surface area contributed by atoms with Gasteiger partial charge in [-0.05, 0) is 57.4 Å². The Bertz CT molecular complexity index is 717. The summed E-state index contributed by atoms with van der Waals surface area (Å²) in [6.07, 6.45) is 0. The molecule has 0 fully saturated rings. The van der Waals surface area contributed by atoms with E-state index >= 15 is 0 Å². The quantitative estimate of drug-likeness (QED) is 0.944. The highest BCUT2D eigenvalue weighted by Gasteiger charge is 2.13. The molecule has 5 nitrogen and oxygen atoms in total. The molecule has 1 aromatic heterocycles. The van der Waals surface area contributed by atoms with Crippen molar-refractivity contribution in [2.24, 2.45) is 7.05 Å². The van der Waals surface area contributed by atoms with Gasteiger partial charge >= 0.3 is 0 Å². The standard InChI is InChI=1S/C17H23N3O2/c1-10-7-11(2)12(3)15(8-10)22-9-16(21)18-17-13(4)19-20(6)14(17)5/h7-8H,9H2,1-6H3,(H,18,21). The van der Waals surface area contributed by atoms with Crippen LogP contribution >= 0.6 is 0 Å². The van der Waals surface area contributed by atoms with Crippen molar-refractivity contribution in [2.45, 2.75) is 34.6 Å². The molecule has 0 aliphatic carbocycles. The molecule has 1 amide bonds. The second-order valence-electron chi connectivity index (χ2n) is 5.71. The Morgan fingerprint density at radius 3 is 2.50 bits per heavy atom. The summed E-state index contributed by atoms with van der Waals surface area (Å²) in [5.41, 5.74) is 5.83.